The standard InChI is InChI=1S/C16H25NO2/c1-2-3-4-5-8-11-18-15-12-19-14-10-7-6-9-13(14)16(15)17/h6-7,9-10,15-16H,2-5,8,11-12,17H2,1H3. The normalized spacial score (nSPS) is 21.8. The number of rotatable bonds is 7. The van der Waals surface area contributed by atoms with Crippen LogP contribution in [-0.2, 0) is 4.74 Å². The van der Waals surface area contributed by atoms with Crippen molar-refractivity contribution in [3.63, 3.8) is 0 Å². The van der Waals surface area contributed by atoms with Crippen molar-refractivity contribution < 1.29 is 9.47 Å². The van der Waals surface area contributed by atoms with Crippen LogP contribution in [0.2, 0.25) is 0 Å². The molecule has 0 spiro atoms. The van der Waals surface area contributed by atoms with Gasteiger partial charge in [0.05, 0.1) is 6.04 Å². The van der Waals surface area contributed by atoms with Crippen molar-refractivity contribution in [3.8, 4) is 5.75 Å². The van der Waals surface area contributed by atoms with E-state index in [4.69, 9.17) is 15.2 Å². The van der Waals surface area contributed by atoms with Crippen molar-refractivity contribution in [1.82, 2.24) is 0 Å². The highest BCUT2D eigenvalue weighted by Crippen LogP contribution is 2.31. The van der Waals surface area contributed by atoms with Gasteiger partial charge >= 0.3 is 0 Å². The predicted molar refractivity (Wildman–Crippen MR) is 77.4 cm³/mol. The predicted octanol–water partition coefficient (Wildman–Crippen LogP) is 3.43. The van der Waals surface area contributed by atoms with Crippen LogP contribution in [0, 0.1) is 0 Å². The van der Waals surface area contributed by atoms with Gasteiger partial charge in [-0.05, 0) is 12.5 Å². The fourth-order valence-corrected chi connectivity index (χ4v) is 2.46. The molecule has 0 fully saturated rings. The molecule has 0 aromatic heterocycles. The van der Waals surface area contributed by atoms with Crippen LogP contribution in [0.25, 0.3) is 0 Å². The first-order valence-electron chi connectivity index (χ1n) is 7.42. The molecule has 0 saturated carbocycles. The topological polar surface area (TPSA) is 44.5 Å². The van der Waals surface area contributed by atoms with E-state index in [2.05, 4.69) is 6.92 Å². The Morgan fingerprint density at radius 2 is 2.00 bits per heavy atom. The summed E-state index contributed by atoms with van der Waals surface area (Å²) in [7, 11) is 0. The largest absolute Gasteiger partial charge is 0.490 e. The molecule has 106 valence electrons. The van der Waals surface area contributed by atoms with Crippen LogP contribution in [-0.4, -0.2) is 19.3 Å². The van der Waals surface area contributed by atoms with Crippen molar-refractivity contribution in [2.45, 2.75) is 51.2 Å². The van der Waals surface area contributed by atoms with Gasteiger partial charge in [0, 0.05) is 12.2 Å². The highest BCUT2D eigenvalue weighted by atomic mass is 16.5. The minimum Gasteiger partial charge on any atom is -0.490 e. The second-order valence-electron chi connectivity index (χ2n) is 5.20. The summed E-state index contributed by atoms with van der Waals surface area (Å²) in [6.07, 6.45) is 6.24. The molecule has 0 amide bonds. The maximum absolute atomic E-state index is 6.25. The van der Waals surface area contributed by atoms with Crippen LogP contribution in [0.3, 0.4) is 0 Å². The van der Waals surface area contributed by atoms with Crippen LogP contribution >= 0.6 is 0 Å². The van der Waals surface area contributed by atoms with E-state index in [9.17, 15) is 0 Å². The Bertz CT molecular complexity index is 381. The van der Waals surface area contributed by atoms with Crippen LogP contribution in [0.5, 0.6) is 5.75 Å². The number of ether oxygens (including phenoxy) is 2. The number of fused-ring (bicyclic) bond motifs is 1. The molecule has 3 nitrogen and oxygen atoms in total. The smallest absolute Gasteiger partial charge is 0.124 e. The molecule has 1 aromatic carbocycles. The first kappa shape index (κ1) is 14.4. The van der Waals surface area contributed by atoms with Gasteiger partial charge in [-0.1, -0.05) is 50.8 Å². The number of para-hydroxylation sites is 1. The summed E-state index contributed by atoms with van der Waals surface area (Å²) in [6, 6.07) is 7.89. The Morgan fingerprint density at radius 3 is 2.84 bits per heavy atom. The van der Waals surface area contributed by atoms with Gasteiger partial charge in [-0.25, -0.2) is 0 Å². The summed E-state index contributed by atoms with van der Waals surface area (Å²) in [4.78, 5) is 0. The lowest BCUT2D eigenvalue weighted by Crippen LogP contribution is -2.38. The van der Waals surface area contributed by atoms with Gasteiger partial charge in [0.2, 0.25) is 0 Å². The molecule has 0 saturated heterocycles. The van der Waals surface area contributed by atoms with Crippen molar-refractivity contribution in [1.29, 1.82) is 0 Å². The third-order valence-corrected chi connectivity index (χ3v) is 3.66. The molecule has 1 aliphatic heterocycles. The van der Waals surface area contributed by atoms with Crippen LogP contribution in [0.4, 0.5) is 0 Å². The Balaban J connectivity index is 1.74. The van der Waals surface area contributed by atoms with Crippen molar-refractivity contribution >= 4 is 0 Å². The van der Waals surface area contributed by atoms with E-state index < -0.39 is 0 Å². The number of nitrogens with two attached hydrogens (primary N) is 1. The second-order valence-corrected chi connectivity index (χ2v) is 5.20. The molecule has 0 bridgehead atoms. The maximum Gasteiger partial charge on any atom is 0.124 e. The molecule has 0 radical (unpaired) electrons. The average Bonchev–Trinajstić information content (AvgIpc) is 2.45. The number of hydrogen-bond acceptors (Lipinski definition) is 3. The zero-order chi connectivity index (χ0) is 13.5. The van der Waals surface area contributed by atoms with E-state index in [0.29, 0.717) is 6.61 Å². The van der Waals surface area contributed by atoms with Gasteiger partial charge in [0.15, 0.2) is 0 Å². The van der Waals surface area contributed by atoms with Crippen LogP contribution < -0.4 is 10.5 Å². The molecule has 2 rings (SSSR count). The fraction of sp³-hybridized carbons (Fsp3) is 0.625. The Kier molecular flexibility index (Phi) is 5.67. The van der Waals surface area contributed by atoms with Crippen molar-refractivity contribution in [2.75, 3.05) is 13.2 Å². The SMILES string of the molecule is CCCCCCCOC1COc2ccccc2C1N. The van der Waals surface area contributed by atoms with Gasteiger partial charge in [-0.2, -0.15) is 0 Å². The Labute approximate surface area is 116 Å². The Hall–Kier alpha value is -1.06. The second kappa shape index (κ2) is 7.51. The third kappa shape index (κ3) is 3.95. The van der Waals surface area contributed by atoms with Gasteiger partial charge in [0.25, 0.3) is 0 Å². The van der Waals surface area contributed by atoms with Crippen molar-refractivity contribution in [3.05, 3.63) is 29.8 Å². The lowest BCUT2D eigenvalue weighted by molar-refractivity contribution is -0.00829. The third-order valence-electron chi connectivity index (χ3n) is 3.66. The van der Waals surface area contributed by atoms with Crippen LogP contribution in [0.15, 0.2) is 24.3 Å². The summed E-state index contributed by atoms with van der Waals surface area (Å²) in [5.41, 5.74) is 7.31. The maximum atomic E-state index is 6.25. The average molecular weight is 263 g/mol. The van der Waals surface area contributed by atoms with Gasteiger partial charge in [-0.3, -0.25) is 0 Å². The molecule has 1 aliphatic rings. The van der Waals surface area contributed by atoms with E-state index in [1.807, 2.05) is 24.3 Å². The van der Waals surface area contributed by atoms with E-state index in [0.717, 1.165) is 24.3 Å². The van der Waals surface area contributed by atoms with Crippen LogP contribution in [0.1, 0.15) is 50.6 Å². The van der Waals surface area contributed by atoms with E-state index in [1.165, 1.54) is 25.7 Å². The zero-order valence-electron chi connectivity index (χ0n) is 11.8. The lowest BCUT2D eigenvalue weighted by Gasteiger charge is -2.31. The fourth-order valence-electron chi connectivity index (χ4n) is 2.46. The van der Waals surface area contributed by atoms with Gasteiger partial charge in [0.1, 0.15) is 18.5 Å². The van der Waals surface area contributed by atoms with E-state index in [-0.39, 0.29) is 12.1 Å². The lowest BCUT2D eigenvalue weighted by atomic mass is 9.99. The molecule has 3 heteroatoms. The molecule has 2 atom stereocenters. The number of benzene rings is 1. The highest BCUT2D eigenvalue weighted by Gasteiger charge is 2.28. The minimum atomic E-state index is -0.0689. The summed E-state index contributed by atoms with van der Waals surface area (Å²) in [6.45, 7) is 3.58. The van der Waals surface area contributed by atoms with Gasteiger partial charge < -0.3 is 15.2 Å². The quantitative estimate of drug-likeness (QED) is 0.766. The summed E-state index contributed by atoms with van der Waals surface area (Å²) in [5, 5.41) is 0. The van der Waals surface area contributed by atoms with Gasteiger partial charge in [-0.15, -0.1) is 0 Å². The molecule has 19 heavy (non-hydrogen) atoms. The molecule has 0 aliphatic carbocycles. The molecule has 1 heterocycles. The number of hydrogen-bond donors (Lipinski definition) is 1. The van der Waals surface area contributed by atoms with E-state index in [1.54, 1.807) is 0 Å². The molecule has 2 N–H and O–H groups in total. The molecular formula is C16H25NO2. The summed E-state index contributed by atoms with van der Waals surface area (Å²) in [5.74, 6) is 0.901. The molecule has 1 aromatic rings. The van der Waals surface area contributed by atoms with Crippen molar-refractivity contribution in [2.24, 2.45) is 5.73 Å². The highest BCUT2D eigenvalue weighted by molar-refractivity contribution is 5.38. The van der Waals surface area contributed by atoms with E-state index >= 15 is 0 Å². The minimum absolute atomic E-state index is 0.0129. The molecule has 2 unspecified atom stereocenters. The molecular weight excluding hydrogens is 238 g/mol. The number of unbranched alkanes of at least 4 members (excludes halogenated alkanes) is 4. The summed E-state index contributed by atoms with van der Waals surface area (Å²) >= 11 is 0. The zero-order valence-corrected chi connectivity index (χ0v) is 11.8. The Morgan fingerprint density at radius 1 is 1.21 bits per heavy atom. The first-order valence-corrected chi connectivity index (χ1v) is 7.42. The monoisotopic (exact) mass is 263 g/mol. The summed E-state index contributed by atoms with van der Waals surface area (Å²) < 4.78 is 11.6. The first-order chi connectivity index (χ1) is 9.33.